The highest BCUT2D eigenvalue weighted by Crippen LogP contribution is 2.31. The Balaban J connectivity index is 2.52. The highest BCUT2D eigenvalue weighted by molar-refractivity contribution is 9.10. The lowest BCUT2D eigenvalue weighted by atomic mass is 9.97. The quantitative estimate of drug-likeness (QED) is 0.668. The van der Waals surface area contributed by atoms with Gasteiger partial charge in [-0.15, -0.1) is 0 Å². The number of rotatable bonds is 5. The Morgan fingerprint density at radius 1 is 1.10 bits per heavy atom. The first-order chi connectivity index (χ1) is 10.0. The molecular formula is C16H15Br2F2N. The minimum atomic E-state index is -0.528. The summed E-state index contributed by atoms with van der Waals surface area (Å²) in [4.78, 5) is 0. The van der Waals surface area contributed by atoms with Gasteiger partial charge < -0.3 is 5.32 Å². The summed E-state index contributed by atoms with van der Waals surface area (Å²) in [5, 5.41) is 3.22. The predicted molar refractivity (Wildman–Crippen MR) is 88.3 cm³/mol. The van der Waals surface area contributed by atoms with E-state index in [0.29, 0.717) is 22.1 Å². The Hall–Kier alpha value is -0.780. The standard InChI is InChI=1S/C16H15Br2F2N/c1-2-8-21-16(11-4-3-5-13(18)15(11)20)12-9-10(17)6-7-14(12)19/h3-7,9,16,21H,2,8H2,1H3. The van der Waals surface area contributed by atoms with E-state index in [1.165, 1.54) is 6.07 Å². The van der Waals surface area contributed by atoms with Crippen LogP contribution in [0.2, 0.25) is 0 Å². The largest absolute Gasteiger partial charge is 0.306 e. The van der Waals surface area contributed by atoms with Crippen LogP contribution in [-0.4, -0.2) is 6.54 Å². The molecule has 2 rings (SSSR count). The van der Waals surface area contributed by atoms with Crippen molar-refractivity contribution in [1.29, 1.82) is 0 Å². The fourth-order valence-electron chi connectivity index (χ4n) is 2.16. The Labute approximate surface area is 140 Å². The topological polar surface area (TPSA) is 12.0 Å². The molecule has 0 saturated heterocycles. The highest BCUT2D eigenvalue weighted by Gasteiger charge is 2.21. The van der Waals surface area contributed by atoms with E-state index in [-0.39, 0.29) is 11.6 Å². The summed E-state index contributed by atoms with van der Waals surface area (Å²) >= 11 is 6.52. The number of benzene rings is 2. The molecule has 2 aromatic carbocycles. The second-order valence-electron chi connectivity index (χ2n) is 4.70. The van der Waals surface area contributed by atoms with E-state index in [2.05, 4.69) is 37.2 Å². The van der Waals surface area contributed by atoms with E-state index in [1.54, 1.807) is 30.3 Å². The molecule has 0 aliphatic rings. The Morgan fingerprint density at radius 3 is 2.57 bits per heavy atom. The molecule has 0 aromatic heterocycles. The first-order valence-electron chi connectivity index (χ1n) is 6.66. The van der Waals surface area contributed by atoms with Gasteiger partial charge in [-0.05, 0) is 53.2 Å². The maximum absolute atomic E-state index is 14.4. The third-order valence-corrected chi connectivity index (χ3v) is 4.27. The van der Waals surface area contributed by atoms with Crippen molar-refractivity contribution in [3.05, 3.63) is 68.1 Å². The van der Waals surface area contributed by atoms with Gasteiger partial charge in [0.15, 0.2) is 0 Å². The molecule has 1 N–H and O–H groups in total. The van der Waals surface area contributed by atoms with Crippen LogP contribution in [-0.2, 0) is 0 Å². The first kappa shape index (κ1) is 16.6. The molecule has 1 unspecified atom stereocenters. The van der Waals surface area contributed by atoms with Crippen LogP contribution < -0.4 is 5.32 Å². The second-order valence-corrected chi connectivity index (χ2v) is 6.47. The van der Waals surface area contributed by atoms with Crippen molar-refractivity contribution < 1.29 is 8.78 Å². The zero-order chi connectivity index (χ0) is 15.4. The molecule has 5 heteroatoms. The van der Waals surface area contributed by atoms with Crippen LogP contribution in [0.1, 0.15) is 30.5 Å². The molecule has 1 nitrogen and oxygen atoms in total. The predicted octanol–water partition coefficient (Wildman–Crippen LogP) is 5.58. The van der Waals surface area contributed by atoms with Crippen LogP contribution in [0.25, 0.3) is 0 Å². The van der Waals surface area contributed by atoms with Crippen molar-refractivity contribution in [2.45, 2.75) is 19.4 Å². The van der Waals surface area contributed by atoms with Gasteiger partial charge in [0.05, 0.1) is 10.5 Å². The van der Waals surface area contributed by atoms with E-state index in [1.807, 2.05) is 6.92 Å². The number of nitrogens with one attached hydrogen (secondary N) is 1. The van der Waals surface area contributed by atoms with E-state index < -0.39 is 6.04 Å². The Morgan fingerprint density at radius 2 is 1.86 bits per heavy atom. The van der Waals surface area contributed by atoms with Gasteiger partial charge in [-0.3, -0.25) is 0 Å². The van der Waals surface area contributed by atoms with Gasteiger partial charge in [0.2, 0.25) is 0 Å². The van der Waals surface area contributed by atoms with Crippen LogP contribution in [0.3, 0.4) is 0 Å². The summed E-state index contributed by atoms with van der Waals surface area (Å²) in [6, 6.07) is 9.23. The lowest BCUT2D eigenvalue weighted by Crippen LogP contribution is -2.25. The van der Waals surface area contributed by atoms with Crippen LogP contribution in [0.15, 0.2) is 45.3 Å². The molecular weight excluding hydrogens is 404 g/mol. The zero-order valence-electron chi connectivity index (χ0n) is 11.5. The number of hydrogen-bond acceptors (Lipinski definition) is 1. The molecule has 1 atom stereocenters. The average molecular weight is 419 g/mol. The van der Waals surface area contributed by atoms with Crippen molar-refractivity contribution in [3.63, 3.8) is 0 Å². The Bertz CT molecular complexity index is 630. The molecule has 0 amide bonds. The molecule has 0 bridgehead atoms. The smallest absolute Gasteiger partial charge is 0.142 e. The third kappa shape index (κ3) is 3.90. The molecule has 0 aliphatic heterocycles. The third-order valence-electron chi connectivity index (χ3n) is 3.16. The molecule has 112 valence electrons. The van der Waals surface area contributed by atoms with Gasteiger partial charge in [0.1, 0.15) is 11.6 Å². The van der Waals surface area contributed by atoms with Crippen molar-refractivity contribution >= 4 is 31.9 Å². The van der Waals surface area contributed by atoms with Gasteiger partial charge in [-0.1, -0.05) is 35.0 Å². The van der Waals surface area contributed by atoms with Crippen molar-refractivity contribution in [2.75, 3.05) is 6.54 Å². The monoisotopic (exact) mass is 417 g/mol. The Kier molecular flexibility index (Phi) is 5.90. The van der Waals surface area contributed by atoms with E-state index in [4.69, 9.17) is 0 Å². The second kappa shape index (κ2) is 7.47. The van der Waals surface area contributed by atoms with Crippen LogP contribution in [0.5, 0.6) is 0 Å². The number of halogens is 4. The molecule has 0 heterocycles. The first-order valence-corrected chi connectivity index (χ1v) is 8.25. The zero-order valence-corrected chi connectivity index (χ0v) is 14.6. The summed E-state index contributed by atoms with van der Waals surface area (Å²) in [7, 11) is 0. The maximum atomic E-state index is 14.4. The van der Waals surface area contributed by atoms with Gasteiger partial charge in [0.25, 0.3) is 0 Å². The summed E-state index contributed by atoms with van der Waals surface area (Å²) in [5.74, 6) is -0.725. The highest BCUT2D eigenvalue weighted by atomic mass is 79.9. The van der Waals surface area contributed by atoms with Gasteiger partial charge >= 0.3 is 0 Å². The fraction of sp³-hybridized carbons (Fsp3) is 0.250. The van der Waals surface area contributed by atoms with Gasteiger partial charge in [-0.25, -0.2) is 8.78 Å². The summed E-state index contributed by atoms with van der Waals surface area (Å²) < 4.78 is 29.7. The van der Waals surface area contributed by atoms with E-state index in [0.717, 1.165) is 10.9 Å². The SMILES string of the molecule is CCCNC(c1cc(Br)ccc1F)c1cccc(Br)c1F. The molecule has 0 saturated carbocycles. The summed E-state index contributed by atoms with van der Waals surface area (Å²) in [5.41, 5.74) is 0.852. The van der Waals surface area contributed by atoms with Crippen molar-refractivity contribution in [2.24, 2.45) is 0 Å². The molecule has 0 fully saturated rings. The molecule has 2 aromatic rings. The maximum Gasteiger partial charge on any atom is 0.142 e. The van der Waals surface area contributed by atoms with Crippen molar-refractivity contribution in [1.82, 2.24) is 5.32 Å². The van der Waals surface area contributed by atoms with E-state index in [9.17, 15) is 8.78 Å². The lowest BCUT2D eigenvalue weighted by Gasteiger charge is -2.21. The van der Waals surface area contributed by atoms with E-state index >= 15 is 0 Å². The number of hydrogen-bond donors (Lipinski definition) is 1. The van der Waals surface area contributed by atoms with Gasteiger partial charge in [-0.2, -0.15) is 0 Å². The summed E-state index contributed by atoms with van der Waals surface area (Å²) in [6.45, 7) is 2.68. The van der Waals surface area contributed by atoms with Crippen LogP contribution in [0.4, 0.5) is 8.78 Å². The molecule has 0 radical (unpaired) electrons. The van der Waals surface area contributed by atoms with Gasteiger partial charge in [0, 0.05) is 15.6 Å². The molecule has 0 aliphatic carbocycles. The van der Waals surface area contributed by atoms with Crippen LogP contribution in [0, 0.1) is 11.6 Å². The average Bonchev–Trinajstić information content (AvgIpc) is 2.47. The normalized spacial score (nSPS) is 12.4. The fourth-order valence-corrected chi connectivity index (χ4v) is 2.92. The van der Waals surface area contributed by atoms with Crippen LogP contribution >= 0.6 is 31.9 Å². The van der Waals surface area contributed by atoms with Crippen molar-refractivity contribution in [3.8, 4) is 0 Å². The lowest BCUT2D eigenvalue weighted by molar-refractivity contribution is 0.518. The minimum Gasteiger partial charge on any atom is -0.306 e. The molecule has 21 heavy (non-hydrogen) atoms. The minimum absolute atomic E-state index is 0.355. The summed E-state index contributed by atoms with van der Waals surface area (Å²) in [6.07, 6.45) is 0.877. The molecule has 0 spiro atoms.